The minimum absolute atomic E-state index is 0.0240. The normalized spacial score (nSPS) is 15.0. The van der Waals surface area contributed by atoms with E-state index in [1.165, 1.54) is 0 Å². The van der Waals surface area contributed by atoms with E-state index in [9.17, 15) is 4.79 Å². The van der Waals surface area contributed by atoms with Gasteiger partial charge in [0.15, 0.2) is 0 Å². The number of carbonyl (C=O) groups excluding carboxylic acids is 1. The Bertz CT molecular complexity index is 1270. The first-order valence-electron chi connectivity index (χ1n) is 10.2. The second-order valence-electron chi connectivity index (χ2n) is 7.68. The van der Waals surface area contributed by atoms with Crippen LogP contribution < -0.4 is 9.88 Å². The monoisotopic (exact) mass is 430 g/mol. The molecule has 2 aromatic carbocycles. The van der Waals surface area contributed by atoms with Crippen LogP contribution in [0, 0.1) is 6.92 Å². The fourth-order valence-corrected chi connectivity index (χ4v) is 4.10. The molecule has 3 heterocycles. The molecule has 5 nitrogen and oxygen atoms in total. The Labute approximate surface area is 185 Å². The molecule has 0 bridgehead atoms. The molecule has 0 aliphatic carbocycles. The number of benzene rings is 2. The van der Waals surface area contributed by atoms with Gasteiger partial charge in [-0.25, -0.2) is 9.78 Å². The number of aromatic nitrogens is 2. The highest BCUT2D eigenvalue weighted by atomic mass is 35.5. The molecule has 1 aliphatic heterocycles. The fraction of sp³-hybridized carbons (Fsp3) is 0.160. The van der Waals surface area contributed by atoms with Crippen molar-refractivity contribution in [3.8, 4) is 11.3 Å². The molecule has 4 aromatic rings. The number of anilines is 1. The maximum atomic E-state index is 13.3. The highest BCUT2D eigenvalue weighted by molar-refractivity contribution is 6.31. The van der Waals surface area contributed by atoms with Crippen molar-refractivity contribution in [1.82, 2.24) is 4.98 Å². The molecule has 1 atom stereocenters. The van der Waals surface area contributed by atoms with Gasteiger partial charge in [0.1, 0.15) is 29.1 Å². The lowest BCUT2D eigenvalue weighted by Crippen LogP contribution is -2.44. The van der Waals surface area contributed by atoms with Crippen LogP contribution in [0.3, 0.4) is 0 Å². The van der Waals surface area contributed by atoms with Crippen molar-refractivity contribution in [2.24, 2.45) is 0 Å². The van der Waals surface area contributed by atoms with Crippen LogP contribution in [0.15, 0.2) is 77.3 Å². The Morgan fingerprint density at radius 3 is 2.58 bits per heavy atom. The van der Waals surface area contributed by atoms with Crippen molar-refractivity contribution in [1.29, 1.82) is 0 Å². The maximum absolute atomic E-state index is 13.3. The largest absolute Gasteiger partial charge is 0.466 e. The first-order chi connectivity index (χ1) is 15.1. The Balaban J connectivity index is 1.56. The van der Waals surface area contributed by atoms with Gasteiger partial charge in [-0.15, -0.1) is 0 Å². The summed E-state index contributed by atoms with van der Waals surface area (Å²) < 4.78 is 7.38. The van der Waals surface area contributed by atoms with E-state index in [1.54, 1.807) is 4.57 Å². The molecular weight excluding hydrogens is 410 g/mol. The average molecular weight is 431 g/mol. The number of fused-ring (bicyclic) bond motifs is 1. The lowest BCUT2D eigenvalue weighted by atomic mass is 10.1. The quantitative estimate of drug-likeness (QED) is 0.459. The van der Waals surface area contributed by atoms with Gasteiger partial charge in [-0.3, -0.25) is 5.32 Å². The van der Waals surface area contributed by atoms with Crippen LogP contribution in [0.4, 0.5) is 5.82 Å². The van der Waals surface area contributed by atoms with Crippen molar-refractivity contribution in [2.75, 3.05) is 5.32 Å². The zero-order chi connectivity index (χ0) is 21.4. The minimum Gasteiger partial charge on any atom is -0.466 e. The van der Waals surface area contributed by atoms with E-state index in [-0.39, 0.29) is 5.91 Å². The molecule has 0 saturated heterocycles. The smallest absolute Gasteiger partial charge is 0.359 e. The molecule has 6 heteroatoms. The predicted octanol–water partition coefficient (Wildman–Crippen LogP) is 4.86. The first-order valence-corrected chi connectivity index (χ1v) is 10.6. The Kier molecular flexibility index (Phi) is 5.04. The second-order valence-corrected chi connectivity index (χ2v) is 8.08. The molecule has 0 spiro atoms. The van der Waals surface area contributed by atoms with Crippen LogP contribution in [0.2, 0.25) is 5.02 Å². The SMILES string of the molecule is Cc1ccc(CC2Nc3c(Cc4ccccc4Cl)nc(-c4ccccc4)c[n+]3C2=O)o1. The molecule has 31 heavy (non-hydrogen) atoms. The van der Waals surface area contributed by atoms with Crippen molar-refractivity contribution in [3.05, 3.63) is 101 Å². The number of halogens is 1. The van der Waals surface area contributed by atoms with Crippen LogP contribution in [0.5, 0.6) is 0 Å². The van der Waals surface area contributed by atoms with Crippen molar-refractivity contribution < 1.29 is 13.8 Å². The molecule has 0 saturated carbocycles. The summed E-state index contributed by atoms with van der Waals surface area (Å²) in [4.78, 5) is 18.2. The van der Waals surface area contributed by atoms with Crippen LogP contribution in [-0.4, -0.2) is 16.9 Å². The van der Waals surface area contributed by atoms with Gasteiger partial charge < -0.3 is 4.42 Å². The molecular formula is C25H21ClN3O2+. The summed E-state index contributed by atoms with van der Waals surface area (Å²) in [5.74, 6) is 2.29. The van der Waals surface area contributed by atoms with Crippen molar-refractivity contribution >= 4 is 23.3 Å². The van der Waals surface area contributed by atoms with Gasteiger partial charge in [0.05, 0.1) is 6.42 Å². The lowest BCUT2D eigenvalue weighted by Gasteiger charge is -2.08. The summed E-state index contributed by atoms with van der Waals surface area (Å²) >= 11 is 6.41. The summed E-state index contributed by atoms with van der Waals surface area (Å²) in [5.41, 5.74) is 3.44. The van der Waals surface area contributed by atoms with Gasteiger partial charge in [0.2, 0.25) is 6.04 Å². The van der Waals surface area contributed by atoms with Gasteiger partial charge in [-0.05, 0) is 30.7 Å². The second kappa shape index (κ2) is 8.00. The Morgan fingerprint density at radius 2 is 1.84 bits per heavy atom. The number of hydrogen-bond donors (Lipinski definition) is 1. The highest BCUT2D eigenvalue weighted by Crippen LogP contribution is 2.27. The Hall–Kier alpha value is -3.44. The summed E-state index contributed by atoms with van der Waals surface area (Å²) in [6, 6.07) is 21.0. The minimum atomic E-state index is -0.414. The number of rotatable bonds is 5. The fourth-order valence-electron chi connectivity index (χ4n) is 3.90. The van der Waals surface area contributed by atoms with Gasteiger partial charge in [0, 0.05) is 17.0 Å². The molecule has 0 radical (unpaired) electrons. The van der Waals surface area contributed by atoms with E-state index >= 15 is 0 Å². The number of nitrogens with one attached hydrogen (secondary N) is 1. The number of carbonyl (C=O) groups is 1. The first kappa shape index (κ1) is 19.5. The summed E-state index contributed by atoms with van der Waals surface area (Å²) in [7, 11) is 0. The van der Waals surface area contributed by atoms with E-state index < -0.39 is 6.04 Å². The molecule has 0 fully saturated rings. The molecule has 1 unspecified atom stereocenters. The van der Waals surface area contributed by atoms with Crippen LogP contribution in [0.25, 0.3) is 11.3 Å². The van der Waals surface area contributed by atoms with E-state index in [2.05, 4.69) is 5.32 Å². The van der Waals surface area contributed by atoms with Gasteiger partial charge in [-0.1, -0.05) is 60.1 Å². The van der Waals surface area contributed by atoms with E-state index in [0.29, 0.717) is 23.7 Å². The molecule has 1 aliphatic rings. The number of hydrogen-bond acceptors (Lipinski definition) is 4. The summed E-state index contributed by atoms with van der Waals surface area (Å²) in [5, 5.41) is 4.06. The topological polar surface area (TPSA) is 59.0 Å². The van der Waals surface area contributed by atoms with E-state index in [0.717, 1.165) is 34.0 Å². The maximum Gasteiger partial charge on any atom is 0.359 e. The van der Waals surface area contributed by atoms with Gasteiger partial charge in [0.25, 0.3) is 0 Å². The number of nitrogens with zero attached hydrogens (tertiary/aromatic N) is 2. The third kappa shape index (κ3) is 3.84. The molecule has 0 amide bonds. The average Bonchev–Trinajstić information content (AvgIpc) is 3.33. The summed E-state index contributed by atoms with van der Waals surface area (Å²) in [6.45, 7) is 1.90. The zero-order valence-corrected chi connectivity index (χ0v) is 17.8. The predicted molar refractivity (Wildman–Crippen MR) is 119 cm³/mol. The van der Waals surface area contributed by atoms with Crippen molar-refractivity contribution in [2.45, 2.75) is 25.8 Å². The lowest BCUT2D eigenvalue weighted by molar-refractivity contribution is -0.552. The molecule has 154 valence electrons. The van der Waals surface area contributed by atoms with Crippen molar-refractivity contribution in [3.63, 3.8) is 0 Å². The molecule has 5 rings (SSSR count). The van der Waals surface area contributed by atoms with Crippen LogP contribution >= 0.6 is 11.6 Å². The van der Waals surface area contributed by atoms with E-state index in [1.807, 2.05) is 79.9 Å². The van der Waals surface area contributed by atoms with Crippen LogP contribution in [-0.2, 0) is 12.8 Å². The van der Waals surface area contributed by atoms with E-state index in [4.69, 9.17) is 21.0 Å². The van der Waals surface area contributed by atoms with Gasteiger partial charge >= 0.3 is 11.7 Å². The number of furan rings is 1. The Morgan fingerprint density at radius 1 is 1.06 bits per heavy atom. The standard InChI is InChI=1S/C25H20ClN3O2/c1-16-11-12-19(31-16)14-22-25(30)29-15-23(17-7-3-2-4-8-17)27-21(24(29)28-22)13-18-9-5-6-10-20(18)26/h2-12,15,22H,13-14H2,1H3/p+1. The number of aryl methyl sites for hydroxylation is 1. The summed E-state index contributed by atoms with van der Waals surface area (Å²) in [6.07, 6.45) is 2.80. The van der Waals surface area contributed by atoms with Crippen LogP contribution in [0.1, 0.15) is 27.6 Å². The highest BCUT2D eigenvalue weighted by Gasteiger charge is 2.41. The third-order valence-corrected chi connectivity index (χ3v) is 5.82. The van der Waals surface area contributed by atoms with Gasteiger partial charge in [-0.2, -0.15) is 4.57 Å². The molecule has 1 N–H and O–H groups in total. The zero-order valence-electron chi connectivity index (χ0n) is 17.0. The molecule has 2 aromatic heterocycles. The third-order valence-electron chi connectivity index (χ3n) is 5.45.